The highest BCUT2D eigenvalue weighted by atomic mass is 32.2. The SMILES string of the molecule is COc1ccc(S(=O)(=O)N(C)c2ccc(C(=O)Nc3nnc(SCc4ccccc4)s3)cc2)cc1. The van der Waals surface area contributed by atoms with Gasteiger partial charge in [-0.25, -0.2) is 8.42 Å². The van der Waals surface area contributed by atoms with Crippen molar-refractivity contribution in [3.05, 3.63) is 90.0 Å². The number of anilines is 2. The number of methoxy groups -OCH3 is 1. The average Bonchev–Trinajstić information content (AvgIpc) is 3.35. The summed E-state index contributed by atoms with van der Waals surface area (Å²) in [6.07, 6.45) is 0. The normalized spacial score (nSPS) is 11.1. The summed E-state index contributed by atoms with van der Waals surface area (Å²) in [6.45, 7) is 0. The predicted octanol–water partition coefficient (Wildman–Crippen LogP) is 4.92. The molecule has 1 N–H and O–H groups in total. The second-order valence-electron chi connectivity index (χ2n) is 7.30. The Balaban J connectivity index is 1.38. The predicted molar refractivity (Wildman–Crippen MR) is 139 cm³/mol. The number of ether oxygens (including phenoxy) is 1. The summed E-state index contributed by atoms with van der Waals surface area (Å²) < 4.78 is 32.9. The first-order valence-corrected chi connectivity index (χ1v) is 13.7. The molecular weight excluding hydrogens is 504 g/mol. The van der Waals surface area contributed by atoms with E-state index in [1.807, 2.05) is 30.3 Å². The highest BCUT2D eigenvalue weighted by Crippen LogP contribution is 2.29. The van der Waals surface area contributed by atoms with E-state index in [1.165, 1.54) is 43.2 Å². The Morgan fingerprint density at radius 1 is 1.00 bits per heavy atom. The fraction of sp³-hybridized carbons (Fsp3) is 0.125. The molecule has 8 nitrogen and oxygen atoms in total. The summed E-state index contributed by atoms with van der Waals surface area (Å²) in [6, 6.07) is 22.5. The molecule has 4 rings (SSSR count). The fourth-order valence-electron chi connectivity index (χ4n) is 3.07. The molecule has 0 aliphatic carbocycles. The fourth-order valence-corrected chi connectivity index (χ4v) is 5.97. The van der Waals surface area contributed by atoms with Crippen molar-refractivity contribution in [2.75, 3.05) is 23.8 Å². The summed E-state index contributed by atoms with van der Waals surface area (Å²) >= 11 is 2.85. The Morgan fingerprint density at radius 2 is 1.69 bits per heavy atom. The van der Waals surface area contributed by atoms with Crippen LogP contribution >= 0.6 is 23.1 Å². The van der Waals surface area contributed by atoms with E-state index in [0.29, 0.717) is 22.1 Å². The highest BCUT2D eigenvalue weighted by Gasteiger charge is 2.21. The van der Waals surface area contributed by atoms with E-state index in [4.69, 9.17) is 4.74 Å². The van der Waals surface area contributed by atoms with E-state index in [9.17, 15) is 13.2 Å². The van der Waals surface area contributed by atoms with Crippen molar-refractivity contribution >= 4 is 49.8 Å². The number of nitrogens with zero attached hydrogens (tertiary/aromatic N) is 3. The Morgan fingerprint density at radius 3 is 2.34 bits per heavy atom. The first-order chi connectivity index (χ1) is 16.9. The van der Waals surface area contributed by atoms with E-state index in [-0.39, 0.29) is 10.8 Å². The molecule has 1 amide bonds. The third-order valence-electron chi connectivity index (χ3n) is 5.04. The van der Waals surface area contributed by atoms with E-state index >= 15 is 0 Å². The van der Waals surface area contributed by atoms with Gasteiger partial charge >= 0.3 is 0 Å². The Bertz CT molecular complexity index is 1390. The van der Waals surface area contributed by atoms with Gasteiger partial charge in [-0.3, -0.25) is 14.4 Å². The van der Waals surface area contributed by atoms with Gasteiger partial charge in [0.15, 0.2) is 4.34 Å². The average molecular weight is 527 g/mol. The molecule has 35 heavy (non-hydrogen) atoms. The lowest BCUT2D eigenvalue weighted by Crippen LogP contribution is -2.26. The number of nitrogens with one attached hydrogen (secondary N) is 1. The van der Waals surface area contributed by atoms with Crippen molar-refractivity contribution in [3.63, 3.8) is 0 Å². The highest BCUT2D eigenvalue weighted by molar-refractivity contribution is 8.00. The molecular formula is C24H22N4O4S3. The molecule has 0 aliphatic heterocycles. The standard InChI is InChI=1S/C24H22N4O4S3/c1-28(35(30,31)21-14-12-20(32-2)13-15-21)19-10-8-18(9-11-19)22(29)25-23-26-27-24(34-23)33-16-17-6-4-3-5-7-17/h3-15H,16H2,1-2H3,(H,25,26,29). The number of hydrogen-bond acceptors (Lipinski definition) is 8. The topological polar surface area (TPSA) is 101 Å². The molecule has 180 valence electrons. The second kappa shape index (κ2) is 10.9. The molecule has 4 aromatic rings. The van der Waals surface area contributed by atoms with Crippen LogP contribution in [0, 0.1) is 0 Å². The first kappa shape index (κ1) is 24.7. The molecule has 3 aromatic carbocycles. The van der Waals surface area contributed by atoms with Crippen LogP contribution in [0.15, 0.2) is 88.1 Å². The summed E-state index contributed by atoms with van der Waals surface area (Å²) in [4.78, 5) is 12.8. The van der Waals surface area contributed by atoms with Crippen LogP contribution in [0.3, 0.4) is 0 Å². The minimum absolute atomic E-state index is 0.139. The first-order valence-electron chi connectivity index (χ1n) is 10.4. The van der Waals surface area contributed by atoms with Crippen molar-refractivity contribution in [1.82, 2.24) is 10.2 Å². The van der Waals surface area contributed by atoms with Crippen molar-refractivity contribution in [3.8, 4) is 5.75 Å². The van der Waals surface area contributed by atoms with Gasteiger partial charge in [0.1, 0.15) is 5.75 Å². The lowest BCUT2D eigenvalue weighted by Gasteiger charge is -2.20. The molecule has 1 aromatic heterocycles. The number of carbonyl (C=O) groups excluding carboxylic acids is 1. The minimum atomic E-state index is -3.76. The van der Waals surface area contributed by atoms with Gasteiger partial charge in [-0.2, -0.15) is 0 Å². The maximum absolute atomic E-state index is 12.9. The van der Waals surface area contributed by atoms with Crippen LogP contribution in [0.25, 0.3) is 0 Å². The summed E-state index contributed by atoms with van der Waals surface area (Å²) in [5, 5.41) is 11.3. The van der Waals surface area contributed by atoms with Gasteiger partial charge in [0, 0.05) is 18.4 Å². The van der Waals surface area contributed by atoms with Gasteiger partial charge in [0.2, 0.25) is 5.13 Å². The Kier molecular flexibility index (Phi) is 7.69. The van der Waals surface area contributed by atoms with E-state index in [2.05, 4.69) is 15.5 Å². The lowest BCUT2D eigenvalue weighted by molar-refractivity contribution is 0.102. The number of rotatable bonds is 9. The van der Waals surface area contributed by atoms with Gasteiger partial charge in [-0.1, -0.05) is 53.4 Å². The lowest BCUT2D eigenvalue weighted by atomic mass is 10.2. The number of benzene rings is 3. The van der Waals surface area contributed by atoms with E-state index < -0.39 is 10.0 Å². The molecule has 0 radical (unpaired) electrons. The van der Waals surface area contributed by atoms with Gasteiger partial charge in [0.25, 0.3) is 15.9 Å². The van der Waals surface area contributed by atoms with Gasteiger partial charge in [0.05, 0.1) is 17.7 Å². The van der Waals surface area contributed by atoms with Crippen LogP contribution in [0.2, 0.25) is 0 Å². The van der Waals surface area contributed by atoms with Gasteiger partial charge in [-0.05, 0) is 54.1 Å². The van der Waals surface area contributed by atoms with Gasteiger partial charge in [-0.15, -0.1) is 10.2 Å². The molecule has 0 aliphatic rings. The number of sulfonamides is 1. The zero-order chi connectivity index (χ0) is 24.8. The minimum Gasteiger partial charge on any atom is -0.497 e. The summed E-state index contributed by atoms with van der Waals surface area (Å²) in [7, 11) is -0.784. The zero-order valence-corrected chi connectivity index (χ0v) is 21.4. The molecule has 0 atom stereocenters. The summed E-state index contributed by atoms with van der Waals surface area (Å²) in [5.74, 6) is 0.977. The zero-order valence-electron chi connectivity index (χ0n) is 18.9. The largest absolute Gasteiger partial charge is 0.497 e. The quantitative estimate of drug-likeness (QED) is 0.244. The second-order valence-corrected chi connectivity index (χ2v) is 11.5. The van der Waals surface area contributed by atoms with Crippen LogP contribution < -0.4 is 14.4 Å². The van der Waals surface area contributed by atoms with Crippen molar-refractivity contribution in [2.24, 2.45) is 0 Å². The number of amides is 1. The van der Waals surface area contributed by atoms with Crippen LogP contribution in [-0.2, 0) is 15.8 Å². The smallest absolute Gasteiger partial charge is 0.264 e. The van der Waals surface area contributed by atoms with Crippen LogP contribution in [0.4, 0.5) is 10.8 Å². The third kappa shape index (κ3) is 5.99. The number of hydrogen-bond donors (Lipinski definition) is 1. The number of thioether (sulfide) groups is 1. The molecule has 1 heterocycles. The Hall–Kier alpha value is -3.41. The molecule has 0 fully saturated rings. The maximum atomic E-state index is 12.9. The number of aromatic nitrogens is 2. The van der Waals surface area contributed by atoms with Crippen molar-refractivity contribution in [1.29, 1.82) is 0 Å². The number of carbonyl (C=O) groups is 1. The molecule has 11 heteroatoms. The summed E-state index contributed by atoms with van der Waals surface area (Å²) in [5.41, 5.74) is 1.97. The van der Waals surface area contributed by atoms with Gasteiger partial charge < -0.3 is 4.74 Å². The van der Waals surface area contributed by atoms with E-state index in [0.717, 1.165) is 14.4 Å². The molecule has 0 spiro atoms. The maximum Gasteiger partial charge on any atom is 0.264 e. The monoisotopic (exact) mass is 526 g/mol. The molecule has 0 saturated heterocycles. The molecule has 0 bridgehead atoms. The van der Waals surface area contributed by atoms with Crippen LogP contribution in [0.5, 0.6) is 5.75 Å². The van der Waals surface area contributed by atoms with Crippen molar-refractivity contribution in [2.45, 2.75) is 15.0 Å². The van der Waals surface area contributed by atoms with Crippen LogP contribution in [0.1, 0.15) is 15.9 Å². The molecule has 0 saturated carbocycles. The Labute approximate surface area is 212 Å². The molecule has 0 unspecified atom stereocenters. The van der Waals surface area contributed by atoms with Crippen LogP contribution in [-0.4, -0.2) is 38.7 Å². The third-order valence-corrected chi connectivity index (χ3v) is 8.89. The van der Waals surface area contributed by atoms with E-state index in [1.54, 1.807) is 48.2 Å². The van der Waals surface area contributed by atoms with Crippen molar-refractivity contribution < 1.29 is 17.9 Å².